The Morgan fingerprint density at radius 1 is 0.906 bits per heavy atom. The summed E-state index contributed by atoms with van der Waals surface area (Å²) in [5.41, 5.74) is 2.02. The molecule has 0 bridgehead atoms. The van der Waals surface area contributed by atoms with Crippen molar-refractivity contribution < 1.29 is 21.6 Å². The van der Waals surface area contributed by atoms with E-state index in [4.69, 9.17) is 4.74 Å². The van der Waals surface area contributed by atoms with Gasteiger partial charge in [0.1, 0.15) is 18.1 Å². The number of benzene rings is 2. The third-order valence-electron chi connectivity index (χ3n) is 4.41. The number of nitrogens with one attached hydrogen (secondary N) is 2. The average molecular weight is 477 g/mol. The van der Waals surface area contributed by atoms with E-state index in [0.29, 0.717) is 11.4 Å². The van der Waals surface area contributed by atoms with Crippen LogP contribution in [-0.4, -0.2) is 39.2 Å². The number of anilines is 2. The normalized spacial score (nSPS) is 11.7. The molecule has 0 radical (unpaired) electrons. The minimum Gasteiger partial charge on any atom is -0.492 e. The molecule has 1 heterocycles. The summed E-state index contributed by atoms with van der Waals surface area (Å²) in [5.74, 6) is 0.297. The topological polar surface area (TPSA) is 127 Å². The van der Waals surface area contributed by atoms with Crippen molar-refractivity contribution in [1.29, 1.82) is 0 Å². The Morgan fingerprint density at radius 3 is 2.22 bits per heavy atom. The summed E-state index contributed by atoms with van der Waals surface area (Å²) in [6, 6.07) is 14.4. The van der Waals surface area contributed by atoms with Crippen LogP contribution in [0.4, 0.5) is 11.6 Å². The molecule has 2 N–H and O–H groups in total. The number of nitrogens with zero attached hydrogens (tertiary/aromatic N) is 2. The zero-order chi connectivity index (χ0) is 23.2. The van der Waals surface area contributed by atoms with Crippen LogP contribution in [0.3, 0.4) is 0 Å². The molecule has 0 aliphatic heterocycles. The number of aryl methyl sites for hydroxylation is 2. The highest BCUT2D eigenvalue weighted by atomic mass is 32.2. The van der Waals surface area contributed by atoms with Crippen LogP contribution in [0.2, 0.25) is 0 Å². The fourth-order valence-electron chi connectivity index (χ4n) is 2.70. The Labute approximate surface area is 188 Å². The van der Waals surface area contributed by atoms with Crippen LogP contribution < -0.4 is 14.2 Å². The highest BCUT2D eigenvalue weighted by molar-refractivity contribution is 7.93. The molecule has 170 valence electrons. The van der Waals surface area contributed by atoms with Crippen LogP contribution >= 0.6 is 0 Å². The molecule has 0 saturated heterocycles. The minimum absolute atomic E-state index is 0.0202. The van der Waals surface area contributed by atoms with E-state index < -0.39 is 20.0 Å². The Morgan fingerprint density at radius 2 is 1.59 bits per heavy atom. The van der Waals surface area contributed by atoms with Crippen LogP contribution in [0.5, 0.6) is 5.75 Å². The predicted octanol–water partition coefficient (Wildman–Crippen LogP) is 2.97. The molecule has 9 nitrogen and oxygen atoms in total. The number of hydrogen-bond donors (Lipinski definition) is 2. The first-order chi connectivity index (χ1) is 15.2. The molecule has 0 aliphatic rings. The van der Waals surface area contributed by atoms with E-state index in [1.54, 1.807) is 25.1 Å². The Kier molecular flexibility index (Phi) is 7.31. The fourth-order valence-corrected chi connectivity index (χ4v) is 4.55. The van der Waals surface area contributed by atoms with Gasteiger partial charge in [-0.15, -0.1) is 0 Å². The van der Waals surface area contributed by atoms with Crippen molar-refractivity contribution in [1.82, 2.24) is 9.97 Å². The van der Waals surface area contributed by atoms with Gasteiger partial charge in [0, 0.05) is 17.6 Å². The van der Waals surface area contributed by atoms with Crippen molar-refractivity contribution in [2.24, 2.45) is 0 Å². The molecule has 3 aromatic rings. The average Bonchev–Trinajstić information content (AvgIpc) is 2.74. The third kappa shape index (κ3) is 6.66. The van der Waals surface area contributed by atoms with Crippen LogP contribution in [0.1, 0.15) is 18.2 Å². The van der Waals surface area contributed by atoms with Gasteiger partial charge in [-0.05, 0) is 61.4 Å². The van der Waals surface area contributed by atoms with Crippen LogP contribution in [0.25, 0.3) is 0 Å². The lowest BCUT2D eigenvalue weighted by Crippen LogP contribution is -2.21. The van der Waals surface area contributed by atoms with Crippen molar-refractivity contribution in [3.63, 3.8) is 0 Å². The molecule has 1 aromatic heterocycles. The van der Waals surface area contributed by atoms with Gasteiger partial charge >= 0.3 is 0 Å². The number of hydrogen-bond acceptors (Lipinski definition) is 7. The van der Waals surface area contributed by atoms with Crippen molar-refractivity contribution in [3.05, 3.63) is 72.1 Å². The second-order valence-corrected chi connectivity index (χ2v) is 10.4. The van der Waals surface area contributed by atoms with E-state index in [1.807, 2.05) is 19.1 Å². The lowest BCUT2D eigenvalue weighted by molar-refractivity contribution is 0.341. The smallest absolute Gasteiger partial charge is 0.264 e. The lowest BCUT2D eigenvalue weighted by Gasteiger charge is -2.11. The summed E-state index contributed by atoms with van der Waals surface area (Å²) >= 11 is 0. The molecule has 11 heteroatoms. The van der Waals surface area contributed by atoms with Gasteiger partial charge in [0.2, 0.25) is 16.0 Å². The van der Waals surface area contributed by atoms with Crippen molar-refractivity contribution in [2.45, 2.75) is 25.2 Å². The van der Waals surface area contributed by atoms with Gasteiger partial charge in [0.25, 0.3) is 10.0 Å². The summed E-state index contributed by atoms with van der Waals surface area (Å²) in [4.78, 5) is 7.82. The summed E-state index contributed by atoms with van der Waals surface area (Å²) in [5, 5.41) is 0. The molecule has 0 fully saturated rings. The molecule has 0 atom stereocenters. The summed E-state index contributed by atoms with van der Waals surface area (Å²) in [6.07, 6.45) is 2.36. The monoisotopic (exact) mass is 476 g/mol. The summed E-state index contributed by atoms with van der Waals surface area (Å²) in [7, 11) is -7.59. The largest absolute Gasteiger partial charge is 0.492 e. The summed E-state index contributed by atoms with van der Waals surface area (Å²) in [6.45, 7) is 3.74. The number of aromatic nitrogens is 2. The third-order valence-corrected chi connectivity index (χ3v) is 7.01. The van der Waals surface area contributed by atoms with Gasteiger partial charge in [-0.3, -0.25) is 4.72 Å². The standard InChI is InChI=1S/C21H24N4O5S2/c1-3-17-4-8-19(9-5-17)30-14-15-31(26,27)24-18-6-10-20(11-7-18)32(28,29)25-21-22-13-12-16(2)23-21/h4-13,24H,3,14-15H2,1-2H3,(H,22,23,25). The zero-order valence-corrected chi connectivity index (χ0v) is 19.3. The van der Waals surface area contributed by atoms with E-state index in [1.165, 1.54) is 36.0 Å². The maximum atomic E-state index is 12.5. The highest BCUT2D eigenvalue weighted by Crippen LogP contribution is 2.18. The molecule has 0 saturated carbocycles. The van der Waals surface area contributed by atoms with E-state index >= 15 is 0 Å². The Bertz CT molecular complexity index is 1260. The first-order valence-corrected chi connectivity index (χ1v) is 13.0. The van der Waals surface area contributed by atoms with Gasteiger partial charge in [0.05, 0.1) is 4.90 Å². The van der Waals surface area contributed by atoms with Crippen molar-refractivity contribution in [3.8, 4) is 5.75 Å². The summed E-state index contributed by atoms with van der Waals surface area (Å²) < 4.78 is 59.8. The second-order valence-electron chi connectivity index (χ2n) is 6.92. The number of ether oxygens (including phenoxy) is 1. The minimum atomic E-state index is -3.91. The van der Waals surface area contributed by atoms with Crippen LogP contribution in [0.15, 0.2) is 65.7 Å². The van der Waals surface area contributed by atoms with Crippen molar-refractivity contribution >= 4 is 31.7 Å². The van der Waals surface area contributed by atoms with Crippen LogP contribution in [-0.2, 0) is 26.5 Å². The van der Waals surface area contributed by atoms with E-state index in [-0.39, 0.29) is 28.9 Å². The molecule has 0 spiro atoms. The SMILES string of the molecule is CCc1ccc(OCCS(=O)(=O)Nc2ccc(S(=O)(=O)Nc3nccc(C)n3)cc2)cc1. The lowest BCUT2D eigenvalue weighted by atomic mass is 10.2. The molecule has 0 aliphatic carbocycles. The molecule has 32 heavy (non-hydrogen) atoms. The highest BCUT2D eigenvalue weighted by Gasteiger charge is 2.17. The molecular formula is C21H24N4O5S2. The van der Waals surface area contributed by atoms with Crippen LogP contribution in [0, 0.1) is 6.92 Å². The van der Waals surface area contributed by atoms with Gasteiger partial charge in [-0.2, -0.15) is 0 Å². The molecule has 3 rings (SSSR count). The van der Waals surface area contributed by atoms with Gasteiger partial charge in [0.15, 0.2) is 0 Å². The molecule has 0 amide bonds. The second kappa shape index (κ2) is 9.96. The quantitative estimate of drug-likeness (QED) is 0.460. The van der Waals surface area contributed by atoms with Gasteiger partial charge < -0.3 is 4.74 Å². The maximum Gasteiger partial charge on any atom is 0.264 e. The van der Waals surface area contributed by atoms with Crippen molar-refractivity contribution in [2.75, 3.05) is 21.8 Å². The van der Waals surface area contributed by atoms with E-state index in [0.717, 1.165) is 6.42 Å². The number of sulfonamides is 2. The van der Waals surface area contributed by atoms with Gasteiger partial charge in [-0.25, -0.2) is 31.5 Å². The first kappa shape index (κ1) is 23.5. The number of rotatable bonds is 10. The fraction of sp³-hybridized carbons (Fsp3) is 0.238. The molecular weight excluding hydrogens is 452 g/mol. The van der Waals surface area contributed by atoms with E-state index in [9.17, 15) is 16.8 Å². The first-order valence-electron chi connectivity index (χ1n) is 9.81. The zero-order valence-electron chi connectivity index (χ0n) is 17.6. The predicted molar refractivity (Wildman–Crippen MR) is 123 cm³/mol. The maximum absolute atomic E-state index is 12.5. The van der Waals surface area contributed by atoms with E-state index in [2.05, 4.69) is 19.4 Å². The molecule has 0 unspecified atom stereocenters. The Hall–Kier alpha value is -3.18. The Balaban J connectivity index is 1.57. The van der Waals surface area contributed by atoms with Gasteiger partial charge in [-0.1, -0.05) is 19.1 Å². The molecule has 2 aromatic carbocycles.